The van der Waals surface area contributed by atoms with Crippen LogP contribution in [0, 0.1) is 6.92 Å². The summed E-state index contributed by atoms with van der Waals surface area (Å²) in [7, 11) is 3.30. The third-order valence-corrected chi connectivity index (χ3v) is 5.50. The first-order valence-corrected chi connectivity index (χ1v) is 9.76. The van der Waals surface area contributed by atoms with E-state index in [9.17, 15) is 4.79 Å². The zero-order valence-corrected chi connectivity index (χ0v) is 17.0. The quantitative estimate of drug-likeness (QED) is 0.655. The van der Waals surface area contributed by atoms with Crippen LogP contribution in [0.25, 0.3) is 5.69 Å². The van der Waals surface area contributed by atoms with E-state index in [0.29, 0.717) is 5.56 Å². The normalized spacial score (nSPS) is 16.1. The van der Waals surface area contributed by atoms with Crippen molar-refractivity contribution in [2.75, 3.05) is 20.8 Å². The van der Waals surface area contributed by atoms with E-state index in [0.717, 1.165) is 47.8 Å². The van der Waals surface area contributed by atoms with Crippen LogP contribution in [0.5, 0.6) is 11.5 Å². The number of hydrogen-bond acceptors (Lipinski definition) is 4. The molecular weight excluding hydrogens is 366 g/mol. The molecule has 0 saturated carbocycles. The zero-order chi connectivity index (χ0) is 20.4. The Morgan fingerprint density at radius 3 is 2.52 bits per heavy atom. The van der Waals surface area contributed by atoms with Gasteiger partial charge in [-0.25, -0.2) is 4.68 Å². The number of rotatable bonds is 5. The van der Waals surface area contributed by atoms with Crippen molar-refractivity contribution >= 4 is 5.91 Å². The number of carbonyl (C=O) groups excluding carboxylic acids is 1. The SMILES string of the molecule is COc1ccc(OC)c([C@@H]2CCCN2C(=O)c2ccc(-n3nccc3C)cc2)c1. The van der Waals surface area contributed by atoms with Crippen molar-refractivity contribution in [3.8, 4) is 17.2 Å². The van der Waals surface area contributed by atoms with Crippen LogP contribution in [-0.2, 0) is 0 Å². The number of aryl methyl sites for hydroxylation is 1. The van der Waals surface area contributed by atoms with Gasteiger partial charge in [0.1, 0.15) is 11.5 Å². The molecule has 0 spiro atoms. The third kappa shape index (κ3) is 3.58. The van der Waals surface area contributed by atoms with E-state index in [1.807, 2.05) is 65.0 Å². The van der Waals surface area contributed by atoms with E-state index < -0.39 is 0 Å². The number of methoxy groups -OCH3 is 2. The van der Waals surface area contributed by atoms with Gasteiger partial charge in [-0.1, -0.05) is 0 Å². The molecule has 2 aromatic carbocycles. The number of likely N-dealkylation sites (tertiary alicyclic amines) is 1. The van der Waals surface area contributed by atoms with E-state index >= 15 is 0 Å². The highest BCUT2D eigenvalue weighted by Crippen LogP contribution is 2.39. The molecule has 6 nitrogen and oxygen atoms in total. The number of amides is 1. The molecule has 1 saturated heterocycles. The summed E-state index contributed by atoms with van der Waals surface area (Å²) in [4.78, 5) is 15.2. The number of aromatic nitrogens is 2. The molecule has 1 aromatic heterocycles. The Kier molecular flexibility index (Phi) is 5.25. The number of hydrogen-bond donors (Lipinski definition) is 0. The van der Waals surface area contributed by atoms with Crippen LogP contribution in [-0.4, -0.2) is 41.4 Å². The molecule has 0 aliphatic carbocycles. The average molecular weight is 391 g/mol. The smallest absolute Gasteiger partial charge is 0.254 e. The maximum absolute atomic E-state index is 13.3. The molecule has 6 heteroatoms. The van der Waals surface area contributed by atoms with E-state index in [1.165, 1.54) is 0 Å². The monoisotopic (exact) mass is 391 g/mol. The summed E-state index contributed by atoms with van der Waals surface area (Å²) in [6, 6.07) is 15.3. The molecule has 1 aliphatic heterocycles. The predicted octanol–water partition coefficient (Wildman–Crippen LogP) is 4.18. The summed E-state index contributed by atoms with van der Waals surface area (Å²) in [5.41, 5.74) is 3.65. The zero-order valence-electron chi connectivity index (χ0n) is 17.0. The van der Waals surface area contributed by atoms with Crippen LogP contribution in [0.3, 0.4) is 0 Å². The molecule has 0 radical (unpaired) electrons. The topological polar surface area (TPSA) is 56.6 Å². The third-order valence-electron chi connectivity index (χ3n) is 5.50. The van der Waals surface area contributed by atoms with Crippen molar-refractivity contribution in [1.82, 2.24) is 14.7 Å². The summed E-state index contributed by atoms with van der Waals surface area (Å²) in [5, 5.41) is 4.32. The van der Waals surface area contributed by atoms with Gasteiger partial charge >= 0.3 is 0 Å². The Hall–Kier alpha value is -3.28. The van der Waals surface area contributed by atoms with Gasteiger partial charge in [0, 0.05) is 29.6 Å². The van der Waals surface area contributed by atoms with Crippen molar-refractivity contribution in [2.24, 2.45) is 0 Å². The fourth-order valence-corrected chi connectivity index (χ4v) is 3.98. The van der Waals surface area contributed by atoms with Crippen molar-refractivity contribution < 1.29 is 14.3 Å². The van der Waals surface area contributed by atoms with E-state index in [-0.39, 0.29) is 11.9 Å². The lowest BCUT2D eigenvalue weighted by Gasteiger charge is -2.27. The predicted molar refractivity (Wildman–Crippen MR) is 111 cm³/mol. The van der Waals surface area contributed by atoms with Gasteiger partial charge in [0.05, 0.1) is 25.9 Å². The highest BCUT2D eigenvalue weighted by Gasteiger charge is 2.32. The van der Waals surface area contributed by atoms with Gasteiger partial charge in [-0.2, -0.15) is 5.10 Å². The number of ether oxygens (including phenoxy) is 2. The Balaban J connectivity index is 1.61. The first kappa shape index (κ1) is 19.1. The second-order valence-corrected chi connectivity index (χ2v) is 7.20. The number of nitrogens with zero attached hydrogens (tertiary/aromatic N) is 3. The summed E-state index contributed by atoms with van der Waals surface area (Å²) in [6.45, 7) is 2.73. The first-order chi connectivity index (χ1) is 14.1. The summed E-state index contributed by atoms with van der Waals surface area (Å²) >= 11 is 0. The van der Waals surface area contributed by atoms with Crippen molar-refractivity contribution in [3.63, 3.8) is 0 Å². The minimum atomic E-state index is -0.0272. The largest absolute Gasteiger partial charge is 0.497 e. The van der Waals surface area contributed by atoms with Crippen LogP contribution >= 0.6 is 0 Å². The summed E-state index contributed by atoms with van der Waals surface area (Å²) in [6.07, 6.45) is 3.63. The molecule has 0 bridgehead atoms. The Morgan fingerprint density at radius 1 is 1.07 bits per heavy atom. The number of carbonyl (C=O) groups is 1. The van der Waals surface area contributed by atoms with Gasteiger partial charge < -0.3 is 14.4 Å². The lowest BCUT2D eigenvalue weighted by atomic mass is 10.0. The standard InChI is InChI=1S/C23H25N3O3/c1-16-12-13-24-26(16)18-8-6-17(7-9-18)23(27)25-14-4-5-21(25)20-15-19(28-2)10-11-22(20)29-3/h6-13,15,21H,4-5,14H2,1-3H3/t21-/m0/s1. The maximum Gasteiger partial charge on any atom is 0.254 e. The van der Waals surface area contributed by atoms with E-state index in [1.54, 1.807) is 20.4 Å². The molecule has 1 aliphatic rings. The van der Waals surface area contributed by atoms with Crippen molar-refractivity contribution in [1.29, 1.82) is 0 Å². The van der Waals surface area contributed by atoms with Gasteiger partial charge in [-0.05, 0) is 68.3 Å². The average Bonchev–Trinajstić information content (AvgIpc) is 3.42. The molecule has 29 heavy (non-hydrogen) atoms. The Bertz CT molecular complexity index is 1010. The fraction of sp³-hybridized carbons (Fsp3) is 0.304. The van der Waals surface area contributed by atoms with E-state index in [4.69, 9.17) is 9.47 Å². The van der Waals surface area contributed by atoms with Gasteiger partial charge in [0.25, 0.3) is 5.91 Å². The number of benzene rings is 2. The highest BCUT2D eigenvalue weighted by molar-refractivity contribution is 5.95. The molecule has 4 rings (SSSR count). The van der Waals surface area contributed by atoms with Crippen LogP contribution in [0.15, 0.2) is 54.7 Å². The van der Waals surface area contributed by atoms with Gasteiger partial charge in [0.2, 0.25) is 0 Å². The van der Waals surface area contributed by atoms with Crippen LogP contribution in [0.2, 0.25) is 0 Å². The second-order valence-electron chi connectivity index (χ2n) is 7.20. The van der Waals surface area contributed by atoms with E-state index in [2.05, 4.69) is 5.10 Å². The van der Waals surface area contributed by atoms with Crippen LogP contribution in [0.1, 0.15) is 40.5 Å². The molecule has 0 unspecified atom stereocenters. The van der Waals surface area contributed by atoms with Crippen molar-refractivity contribution in [2.45, 2.75) is 25.8 Å². The minimum Gasteiger partial charge on any atom is -0.497 e. The molecule has 1 atom stereocenters. The molecular formula is C23H25N3O3. The molecule has 3 aromatic rings. The lowest BCUT2D eigenvalue weighted by molar-refractivity contribution is 0.0734. The molecule has 1 fully saturated rings. The van der Waals surface area contributed by atoms with Gasteiger partial charge in [-0.3, -0.25) is 4.79 Å². The van der Waals surface area contributed by atoms with Crippen LogP contribution in [0.4, 0.5) is 0 Å². The van der Waals surface area contributed by atoms with Gasteiger partial charge in [0.15, 0.2) is 0 Å². The highest BCUT2D eigenvalue weighted by atomic mass is 16.5. The maximum atomic E-state index is 13.3. The lowest BCUT2D eigenvalue weighted by Crippen LogP contribution is -2.30. The summed E-state index contributed by atoms with van der Waals surface area (Å²) in [5.74, 6) is 1.57. The molecule has 2 heterocycles. The Morgan fingerprint density at radius 2 is 1.86 bits per heavy atom. The molecule has 150 valence electrons. The minimum absolute atomic E-state index is 0.0272. The van der Waals surface area contributed by atoms with Crippen molar-refractivity contribution in [3.05, 3.63) is 71.5 Å². The molecule has 1 amide bonds. The summed E-state index contributed by atoms with van der Waals surface area (Å²) < 4.78 is 12.8. The van der Waals surface area contributed by atoms with Crippen LogP contribution < -0.4 is 9.47 Å². The second kappa shape index (κ2) is 7.99. The van der Waals surface area contributed by atoms with Gasteiger partial charge in [-0.15, -0.1) is 0 Å². The first-order valence-electron chi connectivity index (χ1n) is 9.76. The fourth-order valence-electron chi connectivity index (χ4n) is 3.98. The Labute approximate surface area is 170 Å². The molecule has 0 N–H and O–H groups in total.